The largest absolute Gasteiger partial charge is 0.465 e. The van der Waals surface area contributed by atoms with Crippen molar-refractivity contribution < 1.29 is 18.7 Å². The van der Waals surface area contributed by atoms with Gasteiger partial charge in [0.05, 0.1) is 24.0 Å². The van der Waals surface area contributed by atoms with Crippen LogP contribution in [0.15, 0.2) is 23.6 Å². The first-order valence-electron chi connectivity index (χ1n) is 5.97. The summed E-state index contributed by atoms with van der Waals surface area (Å²) in [5, 5.41) is 4.30. The van der Waals surface area contributed by atoms with E-state index in [0.717, 1.165) is 11.3 Å². The van der Waals surface area contributed by atoms with Gasteiger partial charge in [0, 0.05) is 0 Å². The minimum Gasteiger partial charge on any atom is -0.465 e. The summed E-state index contributed by atoms with van der Waals surface area (Å²) in [7, 11) is 1.26. The number of carbonyl (C=O) groups excluding carboxylic acids is 2. The fraction of sp³-hybridized carbons (Fsp3) is 0.143. The topological polar surface area (TPSA) is 81.4 Å². The monoisotopic (exact) mass is 308 g/mol. The van der Waals surface area contributed by atoms with Crippen LogP contribution in [0.4, 0.5) is 15.8 Å². The molecule has 1 aromatic carbocycles. The van der Waals surface area contributed by atoms with Gasteiger partial charge in [-0.15, -0.1) is 11.3 Å². The molecule has 0 atom stereocenters. The molecule has 0 spiro atoms. The Labute approximate surface area is 124 Å². The number of methoxy groups -OCH3 is 1. The number of nitrogen functional groups attached to an aromatic ring is 1. The van der Waals surface area contributed by atoms with Crippen LogP contribution in [-0.4, -0.2) is 19.0 Å². The van der Waals surface area contributed by atoms with E-state index < -0.39 is 17.7 Å². The molecule has 0 aliphatic heterocycles. The quantitative estimate of drug-likeness (QED) is 0.675. The van der Waals surface area contributed by atoms with Gasteiger partial charge < -0.3 is 15.8 Å². The molecule has 0 bridgehead atoms. The maximum Gasteiger partial charge on any atom is 0.350 e. The van der Waals surface area contributed by atoms with Crippen LogP contribution in [0.1, 0.15) is 25.6 Å². The van der Waals surface area contributed by atoms with E-state index in [9.17, 15) is 14.0 Å². The number of ether oxygens (including phenoxy) is 1. The number of aryl methyl sites for hydroxylation is 1. The highest BCUT2D eigenvalue weighted by Crippen LogP contribution is 2.29. The molecule has 1 aromatic heterocycles. The Bertz CT molecular complexity index is 712. The number of nitrogens with two attached hydrogens (primary N) is 1. The number of anilines is 2. The molecule has 1 heterocycles. The van der Waals surface area contributed by atoms with E-state index in [1.165, 1.54) is 25.3 Å². The SMILES string of the molecule is COC(=O)c1scc(C)c1NC(=O)c1cccc(F)c1N. The van der Waals surface area contributed by atoms with Gasteiger partial charge in [0.1, 0.15) is 10.7 Å². The molecule has 110 valence electrons. The van der Waals surface area contributed by atoms with Gasteiger partial charge in [-0.2, -0.15) is 0 Å². The van der Waals surface area contributed by atoms with Crippen LogP contribution in [-0.2, 0) is 4.74 Å². The summed E-state index contributed by atoms with van der Waals surface area (Å²) < 4.78 is 18.0. The van der Waals surface area contributed by atoms with Crippen molar-refractivity contribution in [3.05, 3.63) is 45.4 Å². The Balaban J connectivity index is 2.34. The van der Waals surface area contributed by atoms with Crippen molar-refractivity contribution in [3.8, 4) is 0 Å². The zero-order chi connectivity index (χ0) is 15.6. The predicted molar refractivity (Wildman–Crippen MR) is 79.2 cm³/mol. The summed E-state index contributed by atoms with van der Waals surface area (Å²) in [6, 6.07) is 3.97. The lowest BCUT2D eigenvalue weighted by molar-refractivity contribution is 0.0607. The number of hydrogen-bond acceptors (Lipinski definition) is 5. The van der Waals surface area contributed by atoms with Crippen molar-refractivity contribution in [3.63, 3.8) is 0 Å². The molecular weight excluding hydrogens is 295 g/mol. The lowest BCUT2D eigenvalue weighted by Crippen LogP contribution is -2.17. The highest BCUT2D eigenvalue weighted by Gasteiger charge is 2.20. The molecule has 2 rings (SSSR count). The summed E-state index contributed by atoms with van der Waals surface area (Å²) in [5.74, 6) is -1.80. The molecule has 3 N–H and O–H groups in total. The Kier molecular flexibility index (Phi) is 4.23. The van der Waals surface area contributed by atoms with Gasteiger partial charge in [0.2, 0.25) is 0 Å². The van der Waals surface area contributed by atoms with E-state index >= 15 is 0 Å². The maximum atomic E-state index is 13.4. The van der Waals surface area contributed by atoms with Crippen molar-refractivity contribution >= 4 is 34.6 Å². The van der Waals surface area contributed by atoms with Crippen LogP contribution in [0.3, 0.4) is 0 Å². The normalized spacial score (nSPS) is 10.2. The van der Waals surface area contributed by atoms with E-state index in [2.05, 4.69) is 10.1 Å². The van der Waals surface area contributed by atoms with Crippen molar-refractivity contribution in [2.75, 3.05) is 18.2 Å². The van der Waals surface area contributed by atoms with E-state index in [1.807, 2.05) is 0 Å². The number of amides is 1. The average molecular weight is 308 g/mol. The highest BCUT2D eigenvalue weighted by atomic mass is 32.1. The average Bonchev–Trinajstić information content (AvgIpc) is 2.82. The van der Waals surface area contributed by atoms with Gasteiger partial charge in [0.15, 0.2) is 0 Å². The van der Waals surface area contributed by atoms with Crippen LogP contribution < -0.4 is 11.1 Å². The van der Waals surface area contributed by atoms with Crippen LogP contribution in [0, 0.1) is 12.7 Å². The predicted octanol–water partition coefficient (Wildman–Crippen LogP) is 2.82. The molecule has 0 aliphatic carbocycles. The van der Waals surface area contributed by atoms with Crippen molar-refractivity contribution in [2.24, 2.45) is 0 Å². The number of halogens is 1. The molecule has 0 fully saturated rings. The number of esters is 1. The van der Waals surface area contributed by atoms with Gasteiger partial charge >= 0.3 is 5.97 Å². The van der Waals surface area contributed by atoms with Gasteiger partial charge in [-0.25, -0.2) is 9.18 Å². The molecule has 1 amide bonds. The number of benzene rings is 1. The van der Waals surface area contributed by atoms with E-state index in [1.54, 1.807) is 12.3 Å². The van der Waals surface area contributed by atoms with Gasteiger partial charge in [-0.05, 0) is 30.0 Å². The molecule has 5 nitrogen and oxygen atoms in total. The minimum absolute atomic E-state index is 0.0106. The zero-order valence-corrected chi connectivity index (χ0v) is 12.2. The third-order valence-corrected chi connectivity index (χ3v) is 3.96. The van der Waals surface area contributed by atoms with Crippen LogP contribution in [0.2, 0.25) is 0 Å². The van der Waals surface area contributed by atoms with E-state index in [-0.39, 0.29) is 16.1 Å². The molecular formula is C14H13FN2O3S. The van der Waals surface area contributed by atoms with Crippen molar-refractivity contribution in [2.45, 2.75) is 6.92 Å². The first-order valence-corrected chi connectivity index (χ1v) is 6.85. The molecule has 0 aliphatic rings. The third kappa shape index (κ3) is 2.87. The molecule has 0 saturated heterocycles. The third-order valence-electron chi connectivity index (χ3n) is 2.88. The summed E-state index contributed by atoms with van der Waals surface area (Å²) >= 11 is 1.16. The van der Waals surface area contributed by atoms with Crippen LogP contribution in [0.5, 0.6) is 0 Å². The lowest BCUT2D eigenvalue weighted by atomic mass is 10.1. The first kappa shape index (κ1) is 15.0. The molecule has 21 heavy (non-hydrogen) atoms. The molecule has 0 radical (unpaired) electrons. The Morgan fingerprint density at radius 1 is 1.38 bits per heavy atom. The standard InChI is InChI=1S/C14H13FN2O3S/c1-7-6-21-12(14(19)20-2)11(7)17-13(18)8-4-3-5-9(15)10(8)16/h3-6H,16H2,1-2H3,(H,17,18). The highest BCUT2D eigenvalue weighted by molar-refractivity contribution is 7.12. The minimum atomic E-state index is -0.669. The van der Waals surface area contributed by atoms with Crippen LogP contribution >= 0.6 is 11.3 Å². The van der Waals surface area contributed by atoms with Gasteiger partial charge in [-0.1, -0.05) is 6.07 Å². The Morgan fingerprint density at radius 2 is 2.10 bits per heavy atom. The second-order valence-corrected chi connectivity index (χ2v) is 5.15. The van der Waals surface area contributed by atoms with E-state index in [0.29, 0.717) is 11.3 Å². The number of hydrogen-bond donors (Lipinski definition) is 2. The summed E-state index contributed by atoms with van der Waals surface area (Å²) in [6.07, 6.45) is 0. The number of para-hydroxylation sites is 1. The maximum absolute atomic E-state index is 13.4. The number of thiophene rings is 1. The molecule has 0 unspecified atom stereocenters. The Morgan fingerprint density at radius 3 is 2.76 bits per heavy atom. The fourth-order valence-corrected chi connectivity index (χ4v) is 2.68. The second-order valence-electron chi connectivity index (χ2n) is 4.27. The van der Waals surface area contributed by atoms with Crippen molar-refractivity contribution in [1.29, 1.82) is 0 Å². The molecule has 2 aromatic rings. The first-order chi connectivity index (χ1) is 9.95. The number of rotatable bonds is 3. The lowest BCUT2D eigenvalue weighted by Gasteiger charge is -2.09. The number of carbonyl (C=O) groups is 2. The van der Waals surface area contributed by atoms with Crippen molar-refractivity contribution in [1.82, 2.24) is 0 Å². The van der Waals surface area contributed by atoms with Crippen LogP contribution in [0.25, 0.3) is 0 Å². The molecule has 0 saturated carbocycles. The number of nitrogens with one attached hydrogen (secondary N) is 1. The van der Waals surface area contributed by atoms with Gasteiger partial charge in [-0.3, -0.25) is 4.79 Å². The fourth-order valence-electron chi connectivity index (χ4n) is 1.76. The summed E-state index contributed by atoms with van der Waals surface area (Å²) in [4.78, 5) is 24.1. The smallest absolute Gasteiger partial charge is 0.350 e. The molecule has 7 heteroatoms. The zero-order valence-electron chi connectivity index (χ0n) is 11.4. The summed E-state index contributed by atoms with van der Waals surface area (Å²) in [5.41, 5.74) is 6.39. The summed E-state index contributed by atoms with van der Waals surface area (Å²) in [6.45, 7) is 1.74. The second kappa shape index (κ2) is 5.92. The Hall–Kier alpha value is -2.41. The van der Waals surface area contributed by atoms with Gasteiger partial charge in [0.25, 0.3) is 5.91 Å². The van der Waals surface area contributed by atoms with E-state index in [4.69, 9.17) is 5.73 Å².